The average Bonchev–Trinajstić information content (AvgIpc) is 3.42. The lowest BCUT2D eigenvalue weighted by Gasteiger charge is -2.15. The van der Waals surface area contributed by atoms with Gasteiger partial charge in [-0.3, -0.25) is 14.7 Å². The van der Waals surface area contributed by atoms with E-state index in [1.165, 1.54) is 0 Å². The molecular formula is C19H22N6O3. The van der Waals surface area contributed by atoms with E-state index < -0.39 is 12.1 Å². The summed E-state index contributed by atoms with van der Waals surface area (Å²) in [5, 5.41) is 22.7. The second-order valence-corrected chi connectivity index (χ2v) is 7.03. The van der Waals surface area contributed by atoms with Gasteiger partial charge in [0.15, 0.2) is 0 Å². The predicted octanol–water partition coefficient (Wildman–Crippen LogP) is 0.286. The highest BCUT2D eigenvalue weighted by atomic mass is 16.3. The number of nitrogens with zero attached hydrogens (tertiary/aromatic N) is 3. The third-order valence-corrected chi connectivity index (χ3v) is 5.06. The molecule has 3 aromatic heterocycles. The van der Waals surface area contributed by atoms with E-state index in [-0.39, 0.29) is 23.4 Å². The van der Waals surface area contributed by atoms with Crippen LogP contribution in [0.15, 0.2) is 42.9 Å². The number of hydrogen-bond acceptors (Lipinski definition) is 5. The number of aliphatic hydroxyl groups excluding tert-OH is 1. The van der Waals surface area contributed by atoms with Crippen LogP contribution in [0.5, 0.6) is 0 Å². The highest BCUT2D eigenvalue weighted by Crippen LogP contribution is 2.26. The lowest BCUT2D eigenvalue weighted by atomic mass is 10.1. The van der Waals surface area contributed by atoms with Crippen LogP contribution in [0.1, 0.15) is 29.0 Å². The molecule has 0 saturated heterocycles. The molecule has 0 aliphatic heterocycles. The van der Waals surface area contributed by atoms with Gasteiger partial charge in [0, 0.05) is 43.2 Å². The highest BCUT2D eigenvalue weighted by molar-refractivity contribution is 5.93. The minimum atomic E-state index is -0.760. The molecule has 0 aromatic carbocycles. The molecule has 9 heteroatoms. The van der Waals surface area contributed by atoms with Gasteiger partial charge in [-0.2, -0.15) is 5.10 Å². The fraction of sp³-hybridized carbons (Fsp3) is 0.368. The average molecular weight is 382 g/mol. The molecule has 1 aliphatic carbocycles. The van der Waals surface area contributed by atoms with Gasteiger partial charge in [-0.15, -0.1) is 0 Å². The summed E-state index contributed by atoms with van der Waals surface area (Å²) in [4.78, 5) is 29.1. The lowest BCUT2D eigenvalue weighted by Crippen LogP contribution is -2.40. The third-order valence-electron chi connectivity index (χ3n) is 5.06. The van der Waals surface area contributed by atoms with Crippen molar-refractivity contribution >= 4 is 17.5 Å². The van der Waals surface area contributed by atoms with Crippen molar-refractivity contribution in [1.82, 2.24) is 30.2 Å². The Morgan fingerprint density at radius 1 is 1.29 bits per heavy atom. The summed E-state index contributed by atoms with van der Waals surface area (Å²) < 4.78 is 1.76. The van der Waals surface area contributed by atoms with Gasteiger partial charge in [0.05, 0.1) is 12.1 Å². The van der Waals surface area contributed by atoms with Gasteiger partial charge in [0.1, 0.15) is 11.3 Å². The summed E-state index contributed by atoms with van der Waals surface area (Å²) in [6.07, 6.45) is 5.75. The van der Waals surface area contributed by atoms with E-state index >= 15 is 0 Å². The number of aliphatic hydroxyl groups is 1. The van der Waals surface area contributed by atoms with Crippen molar-refractivity contribution in [1.29, 1.82) is 0 Å². The largest absolute Gasteiger partial charge is 0.391 e. The zero-order valence-corrected chi connectivity index (χ0v) is 15.2. The third kappa shape index (κ3) is 3.89. The van der Waals surface area contributed by atoms with Gasteiger partial charge in [-0.1, -0.05) is 6.07 Å². The van der Waals surface area contributed by atoms with Crippen molar-refractivity contribution in [2.45, 2.75) is 31.4 Å². The van der Waals surface area contributed by atoms with Crippen LogP contribution >= 0.6 is 0 Å². The van der Waals surface area contributed by atoms with Crippen LogP contribution in [0.25, 0.3) is 5.65 Å². The Bertz CT molecular complexity index is 934. The molecule has 28 heavy (non-hydrogen) atoms. The van der Waals surface area contributed by atoms with Crippen molar-refractivity contribution < 1.29 is 14.7 Å². The molecule has 1 aliphatic rings. The fourth-order valence-corrected chi connectivity index (χ4v) is 3.56. The van der Waals surface area contributed by atoms with Crippen LogP contribution in [0.4, 0.5) is 0 Å². The first kappa shape index (κ1) is 18.2. The Kier molecular flexibility index (Phi) is 5.07. The standard InChI is InChI=1S/C19H22N6O3/c26-16-10-12(18(27)20-6-4-13-5-7-21-24-13)9-14(16)23-19(28)15-11-25-8-2-1-3-17(25)22-15/h1-3,5,7-8,11-12,14,16,26H,4,6,9-10H2,(H,20,27)(H,21,24)(H,23,28)/t12-,14-,16-/m0/s1. The zero-order chi connectivity index (χ0) is 19.5. The number of carbonyl (C=O) groups excluding carboxylic acids is 2. The first-order valence-electron chi connectivity index (χ1n) is 9.29. The Balaban J connectivity index is 1.30. The molecule has 2 amide bonds. The van der Waals surface area contributed by atoms with Crippen LogP contribution in [0.3, 0.4) is 0 Å². The van der Waals surface area contributed by atoms with Gasteiger partial charge < -0.3 is 20.1 Å². The summed E-state index contributed by atoms with van der Waals surface area (Å²) in [6, 6.07) is 6.90. The molecule has 4 rings (SSSR count). The Labute approximate surface area is 161 Å². The first-order chi connectivity index (χ1) is 13.6. The SMILES string of the molecule is O=C(N[C@H]1C[C@H](C(=O)NCCc2ccn[nH]2)C[C@@H]1O)c1cn2ccccc2n1. The highest BCUT2D eigenvalue weighted by Gasteiger charge is 2.37. The smallest absolute Gasteiger partial charge is 0.271 e. The Hall–Kier alpha value is -3.20. The maximum atomic E-state index is 12.5. The number of amides is 2. The molecule has 4 N–H and O–H groups in total. The molecular weight excluding hydrogens is 360 g/mol. The number of fused-ring (bicyclic) bond motifs is 1. The lowest BCUT2D eigenvalue weighted by molar-refractivity contribution is -0.125. The summed E-state index contributed by atoms with van der Waals surface area (Å²) in [5.74, 6) is -0.792. The predicted molar refractivity (Wildman–Crippen MR) is 100 cm³/mol. The van der Waals surface area contributed by atoms with Gasteiger partial charge in [0.25, 0.3) is 5.91 Å². The van der Waals surface area contributed by atoms with Crippen molar-refractivity contribution in [3.63, 3.8) is 0 Å². The molecule has 3 heterocycles. The van der Waals surface area contributed by atoms with Gasteiger partial charge in [-0.25, -0.2) is 4.98 Å². The van der Waals surface area contributed by atoms with Crippen molar-refractivity contribution in [3.8, 4) is 0 Å². The monoisotopic (exact) mass is 382 g/mol. The first-order valence-corrected chi connectivity index (χ1v) is 9.29. The summed E-state index contributed by atoms with van der Waals surface area (Å²) in [7, 11) is 0. The number of carbonyl (C=O) groups is 2. The molecule has 3 atom stereocenters. The maximum absolute atomic E-state index is 12.5. The van der Waals surface area contributed by atoms with Crippen molar-refractivity contribution in [3.05, 3.63) is 54.2 Å². The number of pyridine rings is 1. The minimum absolute atomic E-state index is 0.108. The number of H-pyrrole nitrogens is 1. The topological polar surface area (TPSA) is 124 Å². The number of aromatic amines is 1. The molecule has 9 nitrogen and oxygen atoms in total. The summed E-state index contributed by atoms with van der Waals surface area (Å²) in [5.41, 5.74) is 1.91. The fourth-order valence-electron chi connectivity index (χ4n) is 3.56. The van der Waals surface area contributed by atoms with Crippen LogP contribution in [0.2, 0.25) is 0 Å². The second-order valence-electron chi connectivity index (χ2n) is 7.03. The number of imidazole rings is 1. The Morgan fingerprint density at radius 2 is 2.18 bits per heavy atom. The van der Waals surface area contributed by atoms with E-state index in [0.29, 0.717) is 31.5 Å². The van der Waals surface area contributed by atoms with Crippen LogP contribution in [-0.2, 0) is 11.2 Å². The molecule has 0 spiro atoms. The van der Waals surface area contributed by atoms with Gasteiger partial charge >= 0.3 is 0 Å². The van der Waals surface area contributed by atoms with E-state index in [1.807, 2.05) is 30.5 Å². The van der Waals surface area contributed by atoms with Gasteiger partial charge in [0.2, 0.25) is 5.91 Å². The normalized spacial score (nSPS) is 21.7. The number of aromatic nitrogens is 4. The second kappa shape index (κ2) is 7.81. The van der Waals surface area contributed by atoms with E-state index in [4.69, 9.17) is 0 Å². The molecule has 3 aromatic rings. The summed E-state index contributed by atoms with van der Waals surface area (Å²) in [6.45, 7) is 0.492. The molecule has 0 radical (unpaired) electrons. The molecule has 146 valence electrons. The molecule has 0 bridgehead atoms. The van der Waals surface area contributed by atoms with Gasteiger partial charge in [-0.05, 0) is 31.0 Å². The van der Waals surface area contributed by atoms with Crippen LogP contribution in [-0.4, -0.2) is 55.2 Å². The number of nitrogens with one attached hydrogen (secondary N) is 3. The van der Waals surface area contributed by atoms with E-state index in [0.717, 1.165) is 5.69 Å². The minimum Gasteiger partial charge on any atom is -0.391 e. The van der Waals surface area contributed by atoms with E-state index in [9.17, 15) is 14.7 Å². The molecule has 1 fully saturated rings. The quantitative estimate of drug-likeness (QED) is 0.488. The summed E-state index contributed by atoms with van der Waals surface area (Å²) >= 11 is 0. The van der Waals surface area contributed by atoms with Crippen molar-refractivity contribution in [2.24, 2.45) is 5.92 Å². The zero-order valence-electron chi connectivity index (χ0n) is 15.2. The van der Waals surface area contributed by atoms with E-state index in [2.05, 4.69) is 25.8 Å². The molecule has 0 unspecified atom stereocenters. The Morgan fingerprint density at radius 3 is 2.96 bits per heavy atom. The van der Waals surface area contributed by atoms with Crippen molar-refractivity contribution in [2.75, 3.05) is 6.54 Å². The number of rotatable bonds is 6. The van der Waals surface area contributed by atoms with E-state index in [1.54, 1.807) is 16.8 Å². The molecule has 1 saturated carbocycles. The van der Waals surface area contributed by atoms with Crippen LogP contribution in [0, 0.1) is 5.92 Å². The maximum Gasteiger partial charge on any atom is 0.271 e. The number of hydrogen-bond donors (Lipinski definition) is 4. The van der Waals surface area contributed by atoms with Crippen LogP contribution < -0.4 is 10.6 Å².